The molecule has 1 aliphatic heterocycles. The maximum Gasteiger partial charge on any atom is 0.282 e. The van der Waals surface area contributed by atoms with Crippen molar-refractivity contribution in [3.8, 4) is 11.5 Å². The van der Waals surface area contributed by atoms with Crippen LogP contribution in [0.15, 0.2) is 78.5 Å². The summed E-state index contributed by atoms with van der Waals surface area (Å²) in [5.74, 6) is 0.275. The molecule has 0 unspecified atom stereocenters. The molecule has 0 aliphatic carbocycles. The lowest BCUT2D eigenvalue weighted by atomic mass is 10.0. The molecule has 32 heavy (non-hydrogen) atoms. The lowest BCUT2D eigenvalue weighted by Crippen LogP contribution is -2.32. The summed E-state index contributed by atoms with van der Waals surface area (Å²) in [7, 11) is 1.50. The minimum absolute atomic E-state index is 0.192. The Morgan fingerprint density at radius 3 is 2.28 bits per heavy atom. The van der Waals surface area contributed by atoms with Gasteiger partial charge in [0.2, 0.25) is 0 Å². The molecule has 1 aliphatic rings. The summed E-state index contributed by atoms with van der Waals surface area (Å²) >= 11 is 6.25. The van der Waals surface area contributed by atoms with E-state index in [0.717, 1.165) is 10.6 Å². The Morgan fingerprint density at radius 2 is 1.66 bits per heavy atom. The number of amides is 2. The van der Waals surface area contributed by atoms with Gasteiger partial charge in [-0.3, -0.25) is 9.59 Å². The first-order valence-electron chi connectivity index (χ1n) is 10.1. The number of carbonyl (C=O) groups is 2. The number of rotatable bonds is 7. The molecule has 0 atom stereocenters. The van der Waals surface area contributed by atoms with Gasteiger partial charge in [-0.05, 0) is 55.0 Å². The van der Waals surface area contributed by atoms with E-state index in [2.05, 4.69) is 5.32 Å². The average molecular weight is 449 g/mol. The van der Waals surface area contributed by atoms with Crippen molar-refractivity contribution >= 4 is 40.4 Å². The van der Waals surface area contributed by atoms with Gasteiger partial charge in [-0.25, -0.2) is 4.90 Å². The lowest BCUT2D eigenvalue weighted by molar-refractivity contribution is -0.120. The minimum Gasteiger partial charge on any atom is -0.495 e. The number of nitrogens with one attached hydrogen (secondary N) is 1. The van der Waals surface area contributed by atoms with Crippen LogP contribution in [0.25, 0.3) is 5.57 Å². The predicted molar refractivity (Wildman–Crippen MR) is 125 cm³/mol. The quantitative estimate of drug-likeness (QED) is 0.506. The number of ether oxygens (including phenoxy) is 2. The molecule has 0 radical (unpaired) electrons. The highest BCUT2D eigenvalue weighted by molar-refractivity contribution is 6.46. The highest BCUT2D eigenvalue weighted by Gasteiger charge is 2.40. The van der Waals surface area contributed by atoms with Crippen LogP contribution in [-0.2, 0) is 9.59 Å². The molecule has 0 bridgehead atoms. The smallest absolute Gasteiger partial charge is 0.282 e. The van der Waals surface area contributed by atoms with Crippen molar-refractivity contribution in [2.45, 2.75) is 6.92 Å². The molecule has 0 aromatic heterocycles. The first kappa shape index (κ1) is 21.5. The molecule has 1 N–H and O–H groups in total. The van der Waals surface area contributed by atoms with Crippen LogP contribution in [0.5, 0.6) is 11.5 Å². The molecule has 3 aromatic carbocycles. The van der Waals surface area contributed by atoms with Gasteiger partial charge >= 0.3 is 0 Å². The van der Waals surface area contributed by atoms with Gasteiger partial charge < -0.3 is 14.8 Å². The van der Waals surface area contributed by atoms with E-state index in [4.69, 9.17) is 21.1 Å². The van der Waals surface area contributed by atoms with Gasteiger partial charge in [-0.2, -0.15) is 0 Å². The maximum atomic E-state index is 13.4. The molecule has 1 heterocycles. The zero-order valence-electron chi connectivity index (χ0n) is 17.6. The second-order valence-electron chi connectivity index (χ2n) is 6.96. The van der Waals surface area contributed by atoms with Crippen LogP contribution in [0.1, 0.15) is 12.5 Å². The van der Waals surface area contributed by atoms with Crippen molar-refractivity contribution < 1.29 is 19.1 Å². The van der Waals surface area contributed by atoms with Crippen molar-refractivity contribution in [2.75, 3.05) is 23.9 Å². The Bertz CT molecular complexity index is 1190. The van der Waals surface area contributed by atoms with Gasteiger partial charge in [0.1, 0.15) is 17.2 Å². The van der Waals surface area contributed by atoms with Crippen LogP contribution in [-0.4, -0.2) is 25.5 Å². The van der Waals surface area contributed by atoms with Crippen LogP contribution < -0.4 is 19.7 Å². The molecule has 0 fully saturated rings. The van der Waals surface area contributed by atoms with E-state index in [1.165, 1.54) is 7.11 Å². The molecule has 0 saturated carbocycles. The van der Waals surface area contributed by atoms with Gasteiger partial charge in [-0.1, -0.05) is 41.9 Å². The number of carbonyl (C=O) groups excluding carboxylic acids is 2. The Kier molecular flexibility index (Phi) is 6.14. The second kappa shape index (κ2) is 9.16. The Labute approximate surface area is 191 Å². The van der Waals surface area contributed by atoms with E-state index in [1.807, 2.05) is 25.1 Å². The molecule has 4 rings (SSSR count). The molecule has 162 valence electrons. The monoisotopic (exact) mass is 448 g/mol. The fourth-order valence-electron chi connectivity index (χ4n) is 3.49. The minimum atomic E-state index is -0.469. The molecule has 2 amide bonds. The second-order valence-corrected chi connectivity index (χ2v) is 7.37. The van der Waals surface area contributed by atoms with Gasteiger partial charge in [0.05, 0.1) is 30.0 Å². The van der Waals surface area contributed by atoms with Crippen molar-refractivity contribution in [1.29, 1.82) is 0 Å². The van der Waals surface area contributed by atoms with E-state index in [9.17, 15) is 9.59 Å². The van der Waals surface area contributed by atoms with E-state index in [-0.39, 0.29) is 11.3 Å². The molecular formula is C25H21ClN2O4. The summed E-state index contributed by atoms with van der Waals surface area (Å²) in [5, 5.41) is 3.44. The number of hydrogen-bond donors (Lipinski definition) is 1. The SMILES string of the molecule is CCOc1ccc(NC2=C(c3ccccc3)C(=O)N(c3ccc(OC)c(Cl)c3)C2=O)cc1. The van der Waals surface area contributed by atoms with E-state index < -0.39 is 11.8 Å². The standard InChI is InChI=1S/C25H21ClN2O4/c1-3-32-19-12-9-17(10-13-19)27-23-22(16-7-5-4-6-8-16)24(29)28(25(23)30)18-11-14-21(31-2)20(26)15-18/h4-15,27H,3H2,1-2H3. The number of benzene rings is 3. The van der Waals surface area contributed by atoms with Crippen LogP contribution in [0.2, 0.25) is 5.02 Å². The third-order valence-corrected chi connectivity index (χ3v) is 5.27. The fraction of sp³-hybridized carbons (Fsp3) is 0.120. The molecule has 0 spiro atoms. The summed E-state index contributed by atoms with van der Waals surface area (Å²) in [4.78, 5) is 28.0. The molecule has 6 nitrogen and oxygen atoms in total. The highest BCUT2D eigenvalue weighted by Crippen LogP contribution is 2.36. The number of hydrogen-bond acceptors (Lipinski definition) is 5. The zero-order valence-corrected chi connectivity index (χ0v) is 18.3. The molecular weight excluding hydrogens is 428 g/mol. The first-order valence-corrected chi connectivity index (χ1v) is 10.4. The summed E-state index contributed by atoms with van der Waals surface area (Å²) in [6, 6.07) is 21.1. The number of nitrogens with zero attached hydrogens (tertiary/aromatic N) is 1. The van der Waals surface area contributed by atoms with E-state index in [1.54, 1.807) is 54.6 Å². The average Bonchev–Trinajstić information content (AvgIpc) is 3.05. The fourth-order valence-corrected chi connectivity index (χ4v) is 3.74. The summed E-state index contributed by atoms with van der Waals surface area (Å²) in [6.45, 7) is 2.47. The Hall–Kier alpha value is -3.77. The molecule has 7 heteroatoms. The highest BCUT2D eigenvalue weighted by atomic mass is 35.5. The van der Waals surface area contributed by atoms with Crippen LogP contribution in [0, 0.1) is 0 Å². The van der Waals surface area contributed by atoms with Crippen LogP contribution in [0.4, 0.5) is 11.4 Å². The van der Waals surface area contributed by atoms with Gasteiger partial charge in [-0.15, -0.1) is 0 Å². The molecule has 0 saturated heterocycles. The lowest BCUT2D eigenvalue weighted by Gasteiger charge is -2.16. The van der Waals surface area contributed by atoms with E-state index in [0.29, 0.717) is 34.3 Å². The van der Waals surface area contributed by atoms with Crippen molar-refractivity contribution in [2.24, 2.45) is 0 Å². The molecule has 3 aromatic rings. The first-order chi connectivity index (χ1) is 15.5. The number of methoxy groups -OCH3 is 1. The Balaban J connectivity index is 1.75. The summed E-state index contributed by atoms with van der Waals surface area (Å²) in [5.41, 5.74) is 2.14. The topological polar surface area (TPSA) is 67.9 Å². The maximum absolute atomic E-state index is 13.4. The van der Waals surface area contributed by atoms with Crippen LogP contribution in [0.3, 0.4) is 0 Å². The van der Waals surface area contributed by atoms with Crippen molar-refractivity contribution in [1.82, 2.24) is 0 Å². The summed E-state index contributed by atoms with van der Waals surface area (Å²) < 4.78 is 10.7. The van der Waals surface area contributed by atoms with Crippen molar-refractivity contribution in [3.63, 3.8) is 0 Å². The number of imide groups is 1. The largest absolute Gasteiger partial charge is 0.495 e. The van der Waals surface area contributed by atoms with E-state index >= 15 is 0 Å². The predicted octanol–water partition coefficient (Wildman–Crippen LogP) is 5.14. The summed E-state index contributed by atoms with van der Waals surface area (Å²) in [6.07, 6.45) is 0. The van der Waals surface area contributed by atoms with Gasteiger partial charge in [0.15, 0.2) is 0 Å². The van der Waals surface area contributed by atoms with Crippen LogP contribution >= 0.6 is 11.6 Å². The number of halogens is 1. The third-order valence-electron chi connectivity index (χ3n) is 4.97. The zero-order chi connectivity index (χ0) is 22.7. The number of anilines is 2. The van der Waals surface area contributed by atoms with Gasteiger partial charge in [0.25, 0.3) is 11.8 Å². The van der Waals surface area contributed by atoms with Crippen molar-refractivity contribution in [3.05, 3.63) is 89.1 Å². The normalized spacial score (nSPS) is 13.5. The Morgan fingerprint density at radius 1 is 0.938 bits per heavy atom. The van der Waals surface area contributed by atoms with Gasteiger partial charge in [0, 0.05) is 5.69 Å². The third kappa shape index (κ3) is 4.05.